The molecule has 0 saturated carbocycles. The number of hydrogen-bond donors (Lipinski definition) is 2. The topological polar surface area (TPSA) is 75.6 Å². The largest absolute Gasteiger partial charge is 0.481 e. The van der Waals surface area contributed by atoms with Crippen LogP contribution < -0.4 is 5.32 Å². The molecule has 1 fully saturated rings. The number of amides is 1. The molecule has 1 unspecified atom stereocenters. The summed E-state index contributed by atoms with van der Waals surface area (Å²) in [6.07, 6.45) is 0.0259. The van der Waals surface area contributed by atoms with Crippen LogP contribution >= 0.6 is 11.8 Å². The minimum atomic E-state index is -0.849. The Hall–Kier alpha value is -0.910. The van der Waals surface area contributed by atoms with Gasteiger partial charge in [0.25, 0.3) is 0 Å². The van der Waals surface area contributed by atoms with Crippen LogP contribution in [0.1, 0.15) is 27.2 Å². The smallest absolute Gasteiger partial charge is 0.407 e. The Kier molecular flexibility index (Phi) is 4.30. The van der Waals surface area contributed by atoms with Crippen LogP contribution in [0.25, 0.3) is 0 Å². The van der Waals surface area contributed by atoms with Gasteiger partial charge in [-0.3, -0.25) is 4.79 Å². The molecule has 1 heterocycles. The van der Waals surface area contributed by atoms with Crippen LogP contribution in [0.4, 0.5) is 4.79 Å². The fraction of sp³-hybridized carbons (Fsp3) is 0.818. The molecule has 1 atom stereocenters. The number of hydrogen-bond acceptors (Lipinski definition) is 4. The predicted molar refractivity (Wildman–Crippen MR) is 66.2 cm³/mol. The fourth-order valence-electron chi connectivity index (χ4n) is 1.55. The standard InChI is InChI=1S/C11H19NO4S/c1-10(2,3)16-9(15)12-6-11(8(13)14)4-5-17-7-11/h4-7H2,1-3H3,(H,12,15)(H,13,14). The molecule has 0 spiro atoms. The Morgan fingerprint density at radius 3 is 2.53 bits per heavy atom. The van der Waals surface area contributed by atoms with Crippen molar-refractivity contribution in [2.75, 3.05) is 18.1 Å². The maximum atomic E-state index is 11.4. The molecule has 2 N–H and O–H groups in total. The number of ether oxygens (including phenoxy) is 1. The van der Waals surface area contributed by atoms with Crippen molar-refractivity contribution < 1.29 is 19.4 Å². The molecule has 1 amide bonds. The first-order chi connectivity index (χ1) is 7.75. The summed E-state index contributed by atoms with van der Waals surface area (Å²) in [4.78, 5) is 22.7. The van der Waals surface area contributed by atoms with Crippen molar-refractivity contribution in [3.8, 4) is 0 Å². The number of carboxylic acid groups (broad SMARTS) is 1. The van der Waals surface area contributed by atoms with Gasteiger partial charge < -0.3 is 15.2 Å². The summed E-state index contributed by atoms with van der Waals surface area (Å²) in [5.74, 6) is 0.513. The van der Waals surface area contributed by atoms with E-state index in [4.69, 9.17) is 4.74 Å². The second-order valence-electron chi connectivity index (χ2n) is 5.24. The molecule has 1 aliphatic rings. The van der Waals surface area contributed by atoms with Crippen molar-refractivity contribution in [2.24, 2.45) is 5.41 Å². The first kappa shape index (κ1) is 14.2. The molecule has 0 aromatic rings. The molecule has 0 aromatic heterocycles. The highest BCUT2D eigenvalue weighted by molar-refractivity contribution is 7.99. The molecule has 1 aliphatic heterocycles. The normalized spacial score (nSPS) is 24.4. The minimum Gasteiger partial charge on any atom is -0.481 e. The minimum absolute atomic E-state index is 0.129. The molecule has 6 heteroatoms. The van der Waals surface area contributed by atoms with Gasteiger partial charge in [0.2, 0.25) is 0 Å². The van der Waals surface area contributed by atoms with Crippen molar-refractivity contribution >= 4 is 23.8 Å². The summed E-state index contributed by atoms with van der Waals surface area (Å²) in [5.41, 5.74) is -1.40. The van der Waals surface area contributed by atoms with Gasteiger partial charge in [-0.15, -0.1) is 0 Å². The third kappa shape index (κ3) is 4.11. The van der Waals surface area contributed by atoms with Crippen LogP contribution in [0, 0.1) is 5.41 Å². The molecule has 98 valence electrons. The van der Waals surface area contributed by atoms with Crippen LogP contribution in [0.2, 0.25) is 0 Å². The number of carboxylic acids is 1. The Morgan fingerprint density at radius 1 is 1.47 bits per heavy atom. The zero-order valence-corrected chi connectivity index (χ0v) is 11.2. The molecular formula is C11H19NO4S. The highest BCUT2D eigenvalue weighted by Crippen LogP contribution is 2.35. The van der Waals surface area contributed by atoms with Gasteiger partial charge in [-0.05, 0) is 32.9 Å². The van der Waals surface area contributed by atoms with Gasteiger partial charge in [0, 0.05) is 12.3 Å². The van der Waals surface area contributed by atoms with Gasteiger partial charge in [0.05, 0.1) is 5.41 Å². The molecule has 1 saturated heterocycles. The van der Waals surface area contributed by atoms with Gasteiger partial charge in [0.15, 0.2) is 0 Å². The van der Waals surface area contributed by atoms with Crippen molar-refractivity contribution in [3.63, 3.8) is 0 Å². The number of aliphatic carboxylic acids is 1. The molecule has 0 radical (unpaired) electrons. The quantitative estimate of drug-likeness (QED) is 0.809. The van der Waals surface area contributed by atoms with E-state index in [0.717, 1.165) is 5.75 Å². The number of rotatable bonds is 3. The number of nitrogens with one attached hydrogen (secondary N) is 1. The summed E-state index contributed by atoms with van der Waals surface area (Å²) in [5, 5.41) is 11.8. The molecule has 0 bridgehead atoms. The molecule has 5 nitrogen and oxygen atoms in total. The maximum Gasteiger partial charge on any atom is 0.407 e. The Morgan fingerprint density at radius 2 is 2.12 bits per heavy atom. The molecule has 1 rings (SSSR count). The van der Waals surface area contributed by atoms with Crippen molar-refractivity contribution in [1.29, 1.82) is 0 Å². The molecule has 0 aromatic carbocycles. The molecule has 17 heavy (non-hydrogen) atoms. The lowest BCUT2D eigenvalue weighted by Crippen LogP contribution is -2.44. The average molecular weight is 261 g/mol. The number of alkyl carbamates (subject to hydrolysis) is 1. The van der Waals surface area contributed by atoms with E-state index in [1.165, 1.54) is 0 Å². The van der Waals surface area contributed by atoms with Gasteiger partial charge >= 0.3 is 12.1 Å². The van der Waals surface area contributed by atoms with E-state index in [2.05, 4.69) is 5.32 Å². The average Bonchev–Trinajstić information content (AvgIpc) is 2.61. The summed E-state index contributed by atoms with van der Waals surface area (Å²) >= 11 is 1.60. The lowest BCUT2D eigenvalue weighted by molar-refractivity contribution is -0.147. The highest BCUT2D eigenvalue weighted by atomic mass is 32.2. The van der Waals surface area contributed by atoms with E-state index in [9.17, 15) is 14.7 Å². The molecule has 0 aliphatic carbocycles. The monoisotopic (exact) mass is 261 g/mol. The lowest BCUT2D eigenvalue weighted by Gasteiger charge is -2.25. The van der Waals surface area contributed by atoms with Crippen LogP contribution in [0.15, 0.2) is 0 Å². The summed E-state index contributed by atoms with van der Waals surface area (Å²) in [6, 6.07) is 0. The van der Waals surface area contributed by atoms with E-state index in [1.807, 2.05) is 0 Å². The number of carbonyl (C=O) groups excluding carboxylic acids is 1. The summed E-state index contributed by atoms with van der Waals surface area (Å²) in [6.45, 7) is 5.44. The third-order valence-electron chi connectivity index (χ3n) is 2.53. The van der Waals surface area contributed by atoms with Gasteiger partial charge in [0.1, 0.15) is 5.60 Å². The van der Waals surface area contributed by atoms with Crippen molar-refractivity contribution in [2.45, 2.75) is 32.8 Å². The first-order valence-corrected chi connectivity index (χ1v) is 6.69. The fourth-order valence-corrected chi connectivity index (χ4v) is 2.99. The molecular weight excluding hydrogens is 242 g/mol. The van der Waals surface area contributed by atoms with E-state index in [1.54, 1.807) is 32.5 Å². The summed E-state index contributed by atoms with van der Waals surface area (Å²) < 4.78 is 5.07. The predicted octanol–water partition coefficient (Wildman–Crippen LogP) is 1.72. The van der Waals surface area contributed by atoms with Crippen LogP contribution in [-0.2, 0) is 9.53 Å². The van der Waals surface area contributed by atoms with Gasteiger partial charge in [-0.1, -0.05) is 0 Å². The number of carbonyl (C=O) groups is 2. The van der Waals surface area contributed by atoms with Crippen molar-refractivity contribution in [3.05, 3.63) is 0 Å². The Labute approximate surface area is 105 Å². The summed E-state index contributed by atoms with van der Waals surface area (Å²) in [7, 11) is 0. The second kappa shape index (κ2) is 5.16. The van der Waals surface area contributed by atoms with Crippen LogP contribution in [-0.4, -0.2) is 40.8 Å². The number of thioether (sulfide) groups is 1. The lowest BCUT2D eigenvalue weighted by atomic mass is 9.88. The zero-order valence-electron chi connectivity index (χ0n) is 10.4. The third-order valence-corrected chi connectivity index (χ3v) is 3.78. The van der Waals surface area contributed by atoms with Crippen LogP contribution in [0.5, 0.6) is 0 Å². The zero-order chi connectivity index (χ0) is 13.1. The van der Waals surface area contributed by atoms with E-state index in [-0.39, 0.29) is 6.54 Å². The van der Waals surface area contributed by atoms with E-state index in [0.29, 0.717) is 12.2 Å². The Bertz CT molecular complexity index is 305. The van der Waals surface area contributed by atoms with Gasteiger partial charge in [-0.25, -0.2) is 4.79 Å². The Balaban J connectivity index is 2.48. The SMILES string of the molecule is CC(C)(C)OC(=O)NCC1(C(=O)O)CCSC1. The highest BCUT2D eigenvalue weighted by Gasteiger charge is 2.42. The first-order valence-electron chi connectivity index (χ1n) is 5.53. The van der Waals surface area contributed by atoms with Crippen LogP contribution in [0.3, 0.4) is 0 Å². The van der Waals surface area contributed by atoms with E-state index < -0.39 is 23.1 Å². The van der Waals surface area contributed by atoms with Gasteiger partial charge in [-0.2, -0.15) is 11.8 Å². The van der Waals surface area contributed by atoms with Crippen molar-refractivity contribution in [1.82, 2.24) is 5.32 Å². The maximum absolute atomic E-state index is 11.4. The van der Waals surface area contributed by atoms with E-state index >= 15 is 0 Å². The second-order valence-corrected chi connectivity index (χ2v) is 6.35.